The van der Waals surface area contributed by atoms with Crippen LogP contribution in [-0.4, -0.2) is 18.6 Å². The average molecular weight is 251 g/mol. The molecule has 18 heavy (non-hydrogen) atoms. The van der Waals surface area contributed by atoms with E-state index >= 15 is 0 Å². The third-order valence-electron chi connectivity index (χ3n) is 3.23. The summed E-state index contributed by atoms with van der Waals surface area (Å²) in [6, 6.07) is 6.07. The van der Waals surface area contributed by atoms with E-state index in [0.29, 0.717) is 11.7 Å². The predicted octanol–water partition coefficient (Wildman–Crippen LogP) is 2.51. The number of rotatable bonds is 4. The van der Waals surface area contributed by atoms with Gasteiger partial charge in [0.05, 0.1) is 0 Å². The molecular formula is C14H18FNO2. The summed E-state index contributed by atoms with van der Waals surface area (Å²) in [6.07, 6.45) is 3.23. The van der Waals surface area contributed by atoms with Gasteiger partial charge >= 0.3 is 0 Å². The number of benzene rings is 1. The van der Waals surface area contributed by atoms with E-state index in [-0.39, 0.29) is 24.4 Å². The fourth-order valence-electron chi connectivity index (χ4n) is 2.31. The van der Waals surface area contributed by atoms with Crippen LogP contribution in [0.3, 0.4) is 0 Å². The van der Waals surface area contributed by atoms with Crippen molar-refractivity contribution in [1.82, 2.24) is 5.32 Å². The molecule has 1 aromatic carbocycles. The summed E-state index contributed by atoms with van der Waals surface area (Å²) in [5.41, 5.74) is 0. The highest BCUT2D eigenvalue weighted by Gasteiger charge is 2.22. The maximum Gasteiger partial charge on any atom is 0.258 e. The Morgan fingerprint density at radius 1 is 1.50 bits per heavy atom. The Bertz CT molecular complexity index is 422. The minimum absolute atomic E-state index is 0.0612. The summed E-state index contributed by atoms with van der Waals surface area (Å²) >= 11 is 0. The molecule has 1 aliphatic carbocycles. The van der Waals surface area contributed by atoms with Crippen LogP contribution in [-0.2, 0) is 4.79 Å². The van der Waals surface area contributed by atoms with Crippen molar-refractivity contribution in [2.75, 3.05) is 6.61 Å². The van der Waals surface area contributed by atoms with Crippen LogP contribution in [0.25, 0.3) is 0 Å². The Morgan fingerprint density at radius 3 is 3.00 bits per heavy atom. The third-order valence-corrected chi connectivity index (χ3v) is 3.23. The molecule has 4 heteroatoms. The van der Waals surface area contributed by atoms with Crippen molar-refractivity contribution in [2.24, 2.45) is 5.92 Å². The van der Waals surface area contributed by atoms with Crippen molar-refractivity contribution in [3.8, 4) is 5.75 Å². The number of hydrogen-bond acceptors (Lipinski definition) is 2. The largest absolute Gasteiger partial charge is 0.484 e. The van der Waals surface area contributed by atoms with Gasteiger partial charge in [0.25, 0.3) is 5.91 Å². The third kappa shape index (κ3) is 3.72. The van der Waals surface area contributed by atoms with E-state index in [1.807, 2.05) is 0 Å². The molecule has 2 atom stereocenters. The average Bonchev–Trinajstić information content (AvgIpc) is 2.72. The van der Waals surface area contributed by atoms with Crippen LogP contribution in [0, 0.1) is 11.7 Å². The highest BCUT2D eigenvalue weighted by molar-refractivity contribution is 5.77. The molecule has 2 unspecified atom stereocenters. The van der Waals surface area contributed by atoms with Gasteiger partial charge in [-0.1, -0.05) is 13.0 Å². The molecule has 3 nitrogen and oxygen atoms in total. The molecule has 1 fully saturated rings. The van der Waals surface area contributed by atoms with Crippen LogP contribution in [0.2, 0.25) is 0 Å². The van der Waals surface area contributed by atoms with Crippen molar-refractivity contribution in [3.05, 3.63) is 30.1 Å². The van der Waals surface area contributed by atoms with Crippen LogP contribution in [0.4, 0.5) is 4.39 Å². The molecule has 0 spiro atoms. The number of halogens is 1. The lowest BCUT2D eigenvalue weighted by Crippen LogP contribution is -2.36. The van der Waals surface area contributed by atoms with E-state index in [1.54, 1.807) is 12.1 Å². The van der Waals surface area contributed by atoms with Crippen molar-refractivity contribution in [3.63, 3.8) is 0 Å². The molecule has 0 aromatic heterocycles. The summed E-state index contributed by atoms with van der Waals surface area (Å²) < 4.78 is 18.1. The van der Waals surface area contributed by atoms with Crippen molar-refractivity contribution in [1.29, 1.82) is 0 Å². The summed E-state index contributed by atoms with van der Waals surface area (Å²) in [7, 11) is 0. The lowest BCUT2D eigenvalue weighted by Gasteiger charge is -2.13. The number of hydrogen-bond donors (Lipinski definition) is 1. The molecule has 0 saturated heterocycles. The molecule has 0 heterocycles. The summed E-state index contributed by atoms with van der Waals surface area (Å²) in [4.78, 5) is 11.6. The number of amides is 1. The monoisotopic (exact) mass is 251 g/mol. The lowest BCUT2D eigenvalue weighted by molar-refractivity contribution is -0.123. The second kappa shape index (κ2) is 5.85. The SMILES string of the molecule is CC1CCC(NC(=O)COc2cccc(F)c2)C1. The van der Waals surface area contributed by atoms with Gasteiger partial charge in [-0.3, -0.25) is 4.79 Å². The van der Waals surface area contributed by atoms with E-state index in [9.17, 15) is 9.18 Å². The van der Waals surface area contributed by atoms with Crippen LogP contribution in [0.1, 0.15) is 26.2 Å². The van der Waals surface area contributed by atoms with Gasteiger partial charge in [-0.2, -0.15) is 0 Å². The maximum atomic E-state index is 12.9. The summed E-state index contributed by atoms with van der Waals surface area (Å²) in [6.45, 7) is 2.13. The zero-order valence-corrected chi connectivity index (χ0v) is 10.5. The molecule has 1 saturated carbocycles. The smallest absolute Gasteiger partial charge is 0.258 e. The number of nitrogens with one attached hydrogen (secondary N) is 1. The molecule has 0 bridgehead atoms. The van der Waals surface area contributed by atoms with Crippen LogP contribution < -0.4 is 10.1 Å². The Morgan fingerprint density at radius 2 is 2.33 bits per heavy atom. The molecule has 1 N–H and O–H groups in total. The van der Waals surface area contributed by atoms with Gasteiger partial charge in [-0.15, -0.1) is 0 Å². The Balaban J connectivity index is 1.75. The first kappa shape index (κ1) is 12.9. The maximum absolute atomic E-state index is 12.9. The van der Waals surface area contributed by atoms with Crippen LogP contribution in [0.5, 0.6) is 5.75 Å². The Hall–Kier alpha value is -1.58. The van der Waals surface area contributed by atoms with Gasteiger partial charge in [-0.05, 0) is 37.3 Å². The second-order valence-electron chi connectivity index (χ2n) is 4.93. The molecule has 1 amide bonds. The summed E-state index contributed by atoms with van der Waals surface area (Å²) in [5.74, 6) is 0.556. The minimum atomic E-state index is -0.363. The molecular weight excluding hydrogens is 233 g/mol. The standard InChI is InChI=1S/C14H18FNO2/c1-10-5-6-12(7-10)16-14(17)9-18-13-4-2-3-11(15)8-13/h2-4,8,10,12H,5-7,9H2,1H3,(H,16,17). The van der Waals surface area contributed by atoms with E-state index in [1.165, 1.54) is 12.1 Å². The highest BCUT2D eigenvalue weighted by atomic mass is 19.1. The van der Waals surface area contributed by atoms with Gasteiger partial charge in [0, 0.05) is 12.1 Å². The molecule has 1 aromatic rings. The van der Waals surface area contributed by atoms with Gasteiger partial charge in [0.2, 0.25) is 0 Å². The normalized spacial score (nSPS) is 22.8. The zero-order valence-electron chi connectivity index (χ0n) is 10.5. The van der Waals surface area contributed by atoms with Gasteiger partial charge in [0.15, 0.2) is 6.61 Å². The Kier molecular flexibility index (Phi) is 4.18. The summed E-state index contributed by atoms with van der Waals surface area (Å²) in [5, 5.41) is 2.94. The quantitative estimate of drug-likeness (QED) is 0.893. The van der Waals surface area contributed by atoms with Crippen molar-refractivity contribution >= 4 is 5.91 Å². The fourth-order valence-corrected chi connectivity index (χ4v) is 2.31. The van der Waals surface area contributed by atoms with Crippen molar-refractivity contribution < 1.29 is 13.9 Å². The van der Waals surface area contributed by atoms with E-state index in [0.717, 1.165) is 19.3 Å². The van der Waals surface area contributed by atoms with E-state index < -0.39 is 0 Å². The fraction of sp³-hybridized carbons (Fsp3) is 0.500. The molecule has 98 valence electrons. The first-order valence-electron chi connectivity index (χ1n) is 6.31. The van der Waals surface area contributed by atoms with Crippen LogP contribution >= 0.6 is 0 Å². The van der Waals surface area contributed by atoms with E-state index in [4.69, 9.17) is 4.74 Å². The van der Waals surface area contributed by atoms with Crippen molar-refractivity contribution in [2.45, 2.75) is 32.2 Å². The molecule has 0 radical (unpaired) electrons. The predicted molar refractivity (Wildman–Crippen MR) is 66.8 cm³/mol. The molecule has 1 aliphatic rings. The second-order valence-corrected chi connectivity index (χ2v) is 4.93. The topological polar surface area (TPSA) is 38.3 Å². The first-order valence-corrected chi connectivity index (χ1v) is 6.31. The number of ether oxygens (including phenoxy) is 1. The van der Waals surface area contributed by atoms with E-state index in [2.05, 4.69) is 12.2 Å². The van der Waals surface area contributed by atoms with Gasteiger partial charge < -0.3 is 10.1 Å². The zero-order chi connectivity index (χ0) is 13.0. The van der Waals surface area contributed by atoms with Crippen LogP contribution in [0.15, 0.2) is 24.3 Å². The molecule has 2 rings (SSSR count). The first-order chi connectivity index (χ1) is 8.63. The molecule has 0 aliphatic heterocycles. The van der Waals surface area contributed by atoms with Gasteiger partial charge in [0.1, 0.15) is 11.6 Å². The van der Waals surface area contributed by atoms with Gasteiger partial charge in [-0.25, -0.2) is 4.39 Å². The number of carbonyl (C=O) groups is 1. The highest BCUT2D eigenvalue weighted by Crippen LogP contribution is 2.24. The Labute approximate surface area is 106 Å². The minimum Gasteiger partial charge on any atom is -0.484 e. The number of carbonyl (C=O) groups excluding carboxylic acids is 1. The lowest BCUT2D eigenvalue weighted by atomic mass is 10.1.